The number of carbonyl (C=O) groups is 1. The third-order valence-electron chi connectivity index (χ3n) is 6.43. The third kappa shape index (κ3) is 5.18. The molecular weight excluding hydrogens is 466 g/mol. The Labute approximate surface area is 210 Å². The van der Waals surface area contributed by atoms with Crippen molar-refractivity contribution in [3.05, 3.63) is 58.1 Å². The van der Waals surface area contributed by atoms with Gasteiger partial charge in [-0.05, 0) is 81.2 Å². The Bertz CT molecular complexity index is 1240. The van der Waals surface area contributed by atoms with Crippen LogP contribution in [0.1, 0.15) is 40.2 Å². The van der Waals surface area contributed by atoms with Gasteiger partial charge in [-0.1, -0.05) is 23.7 Å². The van der Waals surface area contributed by atoms with Crippen LogP contribution in [0.4, 0.5) is 11.6 Å². The number of benzene rings is 2. The van der Waals surface area contributed by atoms with Crippen LogP contribution in [0.5, 0.6) is 11.6 Å². The number of rotatable bonds is 7. The summed E-state index contributed by atoms with van der Waals surface area (Å²) in [6.45, 7) is 4.34. The molecule has 0 unspecified atom stereocenters. The summed E-state index contributed by atoms with van der Waals surface area (Å²) in [6.07, 6.45) is 2.31. The highest BCUT2D eigenvalue weighted by Crippen LogP contribution is 2.40. The number of piperidine rings is 1. The molecule has 1 aliphatic heterocycles. The molecule has 9 heteroatoms. The van der Waals surface area contributed by atoms with Gasteiger partial charge in [0.25, 0.3) is 5.91 Å². The van der Waals surface area contributed by atoms with Crippen LogP contribution in [0.15, 0.2) is 36.4 Å². The minimum Gasteiger partial charge on any atom is -0.496 e. The molecule has 2 aromatic carbocycles. The van der Waals surface area contributed by atoms with Gasteiger partial charge in [-0.3, -0.25) is 4.79 Å². The molecule has 0 bridgehead atoms. The molecule has 0 atom stereocenters. The van der Waals surface area contributed by atoms with E-state index in [-0.39, 0.29) is 23.1 Å². The van der Waals surface area contributed by atoms with Crippen LogP contribution in [0.3, 0.4) is 0 Å². The normalized spacial score (nSPS) is 14.5. The average molecular weight is 496 g/mol. The van der Waals surface area contributed by atoms with E-state index >= 15 is 0 Å². The maximum absolute atomic E-state index is 12.4. The van der Waals surface area contributed by atoms with Crippen molar-refractivity contribution in [3.8, 4) is 22.9 Å². The van der Waals surface area contributed by atoms with Gasteiger partial charge in [0.15, 0.2) is 0 Å². The lowest BCUT2D eigenvalue weighted by Gasteiger charge is -2.30. The van der Waals surface area contributed by atoms with E-state index in [1.54, 1.807) is 18.2 Å². The highest BCUT2D eigenvalue weighted by molar-refractivity contribution is 6.34. The summed E-state index contributed by atoms with van der Waals surface area (Å²) in [6, 6.07) is 11.5. The van der Waals surface area contributed by atoms with Crippen molar-refractivity contribution in [3.63, 3.8) is 0 Å². The second-order valence-corrected chi connectivity index (χ2v) is 9.14. The van der Waals surface area contributed by atoms with E-state index in [1.807, 2.05) is 6.07 Å². The summed E-state index contributed by atoms with van der Waals surface area (Å²) in [4.78, 5) is 23.7. The predicted molar refractivity (Wildman–Crippen MR) is 138 cm³/mol. The van der Waals surface area contributed by atoms with E-state index in [1.165, 1.54) is 25.3 Å². The van der Waals surface area contributed by atoms with Crippen LogP contribution < -0.4 is 20.5 Å². The molecule has 0 spiro atoms. The van der Waals surface area contributed by atoms with Crippen LogP contribution in [0, 0.1) is 6.92 Å². The van der Waals surface area contributed by atoms with Crippen LogP contribution in [-0.4, -0.2) is 55.1 Å². The van der Waals surface area contributed by atoms with Crippen molar-refractivity contribution in [1.29, 1.82) is 0 Å². The number of nitrogens with zero attached hydrogens (tertiary/aromatic N) is 3. The number of nitrogens with two attached hydrogens (primary N) is 1. The fraction of sp³-hybridized carbons (Fsp3) is 0.346. The molecule has 1 fully saturated rings. The number of aromatic nitrogens is 2. The van der Waals surface area contributed by atoms with Gasteiger partial charge in [0.2, 0.25) is 11.8 Å². The van der Waals surface area contributed by atoms with Gasteiger partial charge in [0.1, 0.15) is 11.3 Å². The zero-order valence-corrected chi connectivity index (χ0v) is 21.1. The Morgan fingerprint density at radius 2 is 1.89 bits per heavy atom. The molecule has 0 aliphatic carbocycles. The molecule has 4 rings (SSSR count). The first-order chi connectivity index (χ1) is 16.8. The molecule has 3 aromatic rings. The smallest absolute Gasteiger partial charge is 0.256 e. The predicted octanol–water partition coefficient (Wildman–Crippen LogP) is 4.77. The van der Waals surface area contributed by atoms with Crippen molar-refractivity contribution < 1.29 is 14.3 Å². The number of nitrogens with one attached hydrogen (secondary N) is 1. The molecule has 0 saturated carbocycles. The second-order valence-electron chi connectivity index (χ2n) is 8.74. The SMILES string of the molecule is COc1cccc(Cl)c1-c1nc(Nc2ccc(C3CCN(C)CC3)c(C)c2)nc(OC)c1C(N)=O. The molecule has 184 valence electrons. The Morgan fingerprint density at radius 1 is 1.14 bits per heavy atom. The van der Waals surface area contributed by atoms with Gasteiger partial charge in [0.05, 0.1) is 30.5 Å². The number of likely N-dealkylation sites (tertiary alicyclic amines) is 1. The van der Waals surface area contributed by atoms with E-state index in [0.717, 1.165) is 31.6 Å². The maximum atomic E-state index is 12.4. The molecule has 1 aliphatic rings. The van der Waals surface area contributed by atoms with Crippen LogP contribution in [0.25, 0.3) is 11.3 Å². The van der Waals surface area contributed by atoms with Gasteiger partial charge in [-0.2, -0.15) is 4.98 Å². The summed E-state index contributed by atoms with van der Waals surface area (Å²) in [5, 5.41) is 3.60. The lowest BCUT2D eigenvalue weighted by molar-refractivity contribution is 0.0997. The maximum Gasteiger partial charge on any atom is 0.256 e. The van der Waals surface area contributed by atoms with Crippen LogP contribution in [0.2, 0.25) is 5.02 Å². The van der Waals surface area contributed by atoms with Crippen LogP contribution in [-0.2, 0) is 0 Å². The number of anilines is 2. The summed E-state index contributed by atoms with van der Waals surface area (Å²) in [5.41, 5.74) is 9.77. The zero-order valence-electron chi connectivity index (χ0n) is 20.4. The summed E-state index contributed by atoms with van der Waals surface area (Å²) >= 11 is 6.49. The van der Waals surface area contributed by atoms with Crippen molar-refractivity contribution in [2.24, 2.45) is 5.73 Å². The van der Waals surface area contributed by atoms with Gasteiger partial charge >= 0.3 is 0 Å². The Morgan fingerprint density at radius 3 is 2.51 bits per heavy atom. The third-order valence-corrected chi connectivity index (χ3v) is 6.75. The van der Waals surface area contributed by atoms with E-state index < -0.39 is 5.91 Å². The number of halogens is 1. The number of ether oxygens (including phenoxy) is 2. The highest BCUT2D eigenvalue weighted by atomic mass is 35.5. The average Bonchev–Trinajstić information content (AvgIpc) is 2.84. The second kappa shape index (κ2) is 10.5. The molecule has 35 heavy (non-hydrogen) atoms. The monoisotopic (exact) mass is 495 g/mol. The first kappa shape index (κ1) is 24.8. The summed E-state index contributed by atoms with van der Waals surface area (Å²) in [7, 11) is 5.11. The molecule has 0 radical (unpaired) electrons. The molecule has 1 amide bonds. The molecular formula is C26H30ClN5O3. The number of amides is 1. The lowest BCUT2D eigenvalue weighted by Crippen LogP contribution is -2.29. The van der Waals surface area contributed by atoms with Crippen molar-refractivity contribution in [1.82, 2.24) is 14.9 Å². The van der Waals surface area contributed by atoms with Crippen molar-refractivity contribution in [2.75, 3.05) is 39.7 Å². The number of primary amides is 1. The number of methoxy groups -OCH3 is 2. The minimum absolute atomic E-state index is 0.0262. The van der Waals surface area contributed by atoms with Gasteiger partial charge < -0.3 is 25.4 Å². The Hall–Kier alpha value is -3.36. The van der Waals surface area contributed by atoms with Gasteiger partial charge in [-0.25, -0.2) is 4.98 Å². The number of aryl methyl sites for hydroxylation is 1. The summed E-state index contributed by atoms with van der Waals surface area (Å²) in [5.74, 6) is 0.571. The van der Waals surface area contributed by atoms with Gasteiger partial charge in [-0.15, -0.1) is 0 Å². The van der Waals surface area contributed by atoms with Crippen LogP contribution >= 0.6 is 11.6 Å². The zero-order chi connectivity index (χ0) is 25.1. The molecule has 1 aromatic heterocycles. The number of carbonyl (C=O) groups excluding carboxylic acids is 1. The van der Waals surface area contributed by atoms with E-state index in [4.69, 9.17) is 26.8 Å². The Kier molecular flexibility index (Phi) is 7.42. The fourth-order valence-electron chi connectivity index (χ4n) is 4.61. The van der Waals surface area contributed by atoms with E-state index in [9.17, 15) is 4.79 Å². The summed E-state index contributed by atoms with van der Waals surface area (Å²) < 4.78 is 10.9. The first-order valence-electron chi connectivity index (χ1n) is 11.5. The topological polar surface area (TPSA) is 103 Å². The van der Waals surface area contributed by atoms with E-state index in [2.05, 4.69) is 46.3 Å². The molecule has 8 nitrogen and oxygen atoms in total. The van der Waals surface area contributed by atoms with Gasteiger partial charge in [0, 0.05) is 5.69 Å². The largest absolute Gasteiger partial charge is 0.496 e. The number of hydrogen-bond acceptors (Lipinski definition) is 7. The van der Waals surface area contributed by atoms with Crippen molar-refractivity contribution in [2.45, 2.75) is 25.7 Å². The minimum atomic E-state index is -0.733. The highest BCUT2D eigenvalue weighted by Gasteiger charge is 2.25. The first-order valence-corrected chi connectivity index (χ1v) is 11.8. The fourth-order valence-corrected chi connectivity index (χ4v) is 4.87. The molecule has 3 N–H and O–H groups in total. The quantitative estimate of drug-likeness (QED) is 0.486. The van der Waals surface area contributed by atoms with E-state index in [0.29, 0.717) is 22.3 Å². The number of hydrogen-bond donors (Lipinski definition) is 2. The molecule has 1 saturated heterocycles. The molecule has 2 heterocycles. The Balaban J connectivity index is 1.73. The van der Waals surface area contributed by atoms with Crippen molar-refractivity contribution >= 4 is 29.1 Å². The standard InChI is InChI=1S/C26H30ClN5O3/c1-15-14-17(8-9-18(15)16-10-12-32(2)13-11-16)29-26-30-23(22(24(28)33)25(31-26)35-4)21-19(27)6-5-7-20(21)34-3/h5-9,14,16H,10-13H2,1-4H3,(H2,28,33)(H,29,30,31). The lowest BCUT2D eigenvalue weighted by atomic mass is 9.87.